The van der Waals surface area contributed by atoms with Crippen molar-refractivity contribution in [2.75, 3.05) is 23.4 Å². The lowest BCUT2D eigenvalue weighted by atomic mass is 10.0. The van der Waals surface area contributed by atoms with Crippen molar-refractivity contribution in [2.45, 2.75) is 23.0 Å². The Bertz CT molecular complexity index is 1070. The molecule has 2 aromatic heterocycles. The van der Waals surface area contributed by atoms with E-state index in [4.69, 9.17) is 0 Å². The molecule has 2 atom stereocenters. The quantitative estimate of drug-likeness (QED) is 0.187. The number of β-lactam (4-membered cyclic amide) rings is 1. The molecule has 2 aliphatic heterocycles. The molecule has 0 radical (unpaired) electrons. The Hall–Kier alpha value is -3.14. The van der Waals surface area contributed by atoms with E-state index in [0.29, 0.717) is 33.9 Å². The van der Waals surface area contributed by atoms with E-state index in [1.165, 1.54) is 33.1 Å². The van der Waals surface area contributed by atoms with Crippen molar-refractivity contribution in [3.8, 4) is 0 Å². The number of carboxylic acids is 1. The number of nitrogens with zero attached hydrogens (tertiary/aromatic N) is 7. The number of fused-ring (bicyclic) bond motifs is 1. The van der Waals surface area contributed by atoms with Gasteiger partial charge in [-0.25, -0.2) is 14.5 Å². The minimum atomic E-state index is -1.16. The molecule has 4 heterocycles. The molecule has 2 aromatic rings. The van der Waals surface area contributed by atoms with Crippen molar-refractivity contribution in [1.29, 1.82) is 0 Å². The maximum atomic E-state index is 12.7. The van der Waals surface area contributed by atoms with Crippen LogP contribution in [0.1, 0.15) is 5.69 Å². The van der Waals surface area contributed by atoms with Gasteiger partial charge in [0.2, 0.25) is 17.6 Å². The van der Waals surface area contributed by atoms with Gasteiger partial charge in [0.05, 0.1) is 12.1 Å². The number of hydrogen-bond acceptors (Lipinski definition) is 11. The number of aliphatic carboxylic acids is 1. The van der Waals surface area contributed by atoms with E-state index in [-0.39, 0.29) is 24.6 Å². The molecule has 16 heteroatoms. The SMILES string of the molecule is Cn1nnnc1SCC1=C(C(=O)O)N2C(=O)C(Nc3nc(CC[N+](=O)[O-])c[nH]3)[C@H]2SC1. The molecule has 1 fully saturated rings. The number of carboxylic acid groups (broad SMARTS) is 1. The van der Waals surface area contributed by atoms with Crippen LogP contribution in [-0.4, -0.2) is 86.4 Å². The van der Waals surface area contributed by atoms with Gasteiger partial charge in [0.25, 0.3) is 5.91 Å². The normalized spacial score (nSPS) is 20.4. The molecule has 0 bridgehead atoms. The highest BCUT2D eigenvalue weighted by Crippen LogP contribution is 2.42. The summed E-state index contributed by atoms with van der Waals surface area (Å²) in [6, 6.07) is -0.647. The molecule has 14 nitrogen and oxygen atoms in total. The van der Waals surface area contributed by atoms with E-state index >= 15 is 0 Å². The van der Waals surface area contributed by atoms with Crippen LogP contribution in [0.15, 0.2) is 22.6 Å². The lowest BCUT2D eigenvalue weighted by molar-refractivity contribution is -0.479. The predicted molar refractivity (Wildman–Crippen MR) is 109 cm³/mol. The van der Waals surface area contributed by atoms with Crippen molar-refractivity contribution in [2.24, 2.45) is 7.05 Å². The van der Waals surface area contributed by atoms with Crippen LogP contribution in [0.25, 0.3) is 0 Å². The Balaban J connectivity index is 1.44. The van der Waals surface area contributed by atoms with Crippen LogP contribution in [-0.2, 0) is 23.1 Å². The smallest absolute Gasteiger partial charge is 0.352 e. The fraction of sp³-hybridized carbons (Fsp3) is 0.467. The molecule has 0 aliphatic carbocycles. The molecule has 4 rings (SSSR count). The first-order chi connectivity index (χ1) is 14.8. The number of aromatic amines is 1. The number of hydrogen-bond donors (Lipinski definition) is 3. The van der Waals surface area contributed by atoms with Gasteiger partial charge in [-0.2, -0.15) is 0 Å². The number of nitro groups is 1. The number of nitrogens with one attached hydrogen (secondary N) is 2. The van der Waals surface area contributed by atoms with Gasteiger partial charge in [-0.1, -0.05) is 11.8 Å². The van der Waals surface area contributed by atoms with Gasteiger partial charge in [0.15, 0.2) is 0 Å². The van der Waals surface area contributed by atoms with E-state index < -0.39 is 22.3 Å². The number of amides is 1. The monoisotopic (exact) mass is 467 g/mol. The minimum Gasteiger partial charge on any atom is -0.477 e. The Morgan fingerprint density at radius 2 is 2.35 bits per heavy atom. The summed E-state index contributed by atoms with van der Waals surface area (Å²) in [5, 5.41) is 34.5. The second-order valence-electron chi connectivity index (χ2n) is 6.71. The van der Waals surface area contributed by atoms with Crippen molar-refractivity contribution >= 4 is 41.3 Å². The Labute approximate surface area is 183 Å². The molecular weight excluding hydrogens is 450 g/mol. The van der Waals surface area contributed by atoms with E-state index in [9.17, 15) is 24.8 Å². The van der Waals surface area contributed by atoms with Crippen molar-refractivity contribution in [3.63, 3.8) is 0 Å². The molecule has 1 amide bonds. The molecule has 3 N–H and O–H groups in total. The Morgan fingerprint density at radius 3 is 3.03 bits per heavy atom. The van der Waals surface area contributed by atoms with Crippen molar-refractivity contribution < 1.29 is 19.6 Å². The first-order valence-electron chi connectivity index (χ1n) is 9.03. The molecule has 0 spiro atoms. The molecular formula is C15H17N9O5S2. The summed E-state index contributed by atoms with van der Waals surface area (Å²) < 4.78 is 1.49. The summed E-state index contributed by atoms with van der Waals surface area (Å²) in [5.74, 6) is -0.438. The first kappa shape index (κ1) is 21.1. The highest BCUT2D eigenvalue weighted by molar-refractivity contribution is 8.01. The first-order valence-corrected chi connectivity index (χ1v) is 11.1. The zero-order valence-corrected chi connectivity index (χ0v) is 17.7. The molecule has 0 saturated carbocycles. The summed E-state index contributed by atoms with van der Waals surface area (Å²) >= 11 is 2.75. The highest BCUT2D eigenvalue weighted by Gasteiger charge is 2.53. The van der Waals surface area contributed by atoms with Gasteiger partial charge < -0.3 is 15.4 Å². The third-order valence-corrected chi connectivity index (χ3v) is 7.12. The predicted octanol–water partition coefficient (Wildman–Crippen LogP) is -0.421. The zero-order valence-electron chi connectivity index (χ0n) is 16.1. The molecule has 1 unspecified atom stereocenters. The number of carbonyl (C=O) groups excluding carboxylic acids is 1. The summed E-state index contributed by atoms with van der Waals surface area (Å²) in [5.41, 5.74) is 1.11. The summed E-state index contributed by atoms with van der Waals surface area (Å²) in [7, 11) is 1.69. The van der Waals surface area contributed by atoms with Crippen LogP contribution in [0.3, 0.4) is 0 Å². The Kier molecular flexibility index (Phi) is 5.81. The van der Waals surface area contributed by atoms with Crippen LogP contribution in [0.5, 0.6) is 0 Å². The van der Waals surface area contributed by atoms with Crippen LogP contribution in [0, 0.1) is 10.1 Å². The molecule has 0 aromatic carbocycles. The number of tetrazole rings is 1. The number of rotatable bonds is 9. The highest BCUT2D eigenvalue weighted by atomic mass is 32.2. The maximum absolute atomic E-state index is 12.7. The third-order valence-electron chi connectivity index (χ3n) is 4.68. The summed E-state index contributed by atoms with van der Waals surface area (Å²) in [6.07, 6.45) is 1.71. The average molecular weight is 467 g/mol. The third kappa shape index (κ3) is 4.20. The van der Waals surface area contributed by atoms with Crippen LogP contribution in [0.4, 0.5) is 5.95 Å². The second-order valence-corrected chi connectivity index (χ2v) is 8.76. The fourth-order valence-electron chi connectivity index (χ4n) is 3.20. The van der Waals surface area contributed by atoms with Gasteiger partial charge in [-0.15, -0.1) is 16.9 Å². The summed E-state index contributed by atoms with van der Waals surface area (Å²) in [6.45, 7) is -0.239. The fourth-order valence-corrected chi connectivity index (χ4v) is 5.54. The van der Waals surface area contributed by atoms with Crippen molar-refractivity contribution in [1.82, 2.24) is 35.1 Å². The summed E-state index contributed by atoms with van der Waals surface area (Å²) in [4.78, 5) is 43.1. The lowest BCUT2D eigenvalue weighted by Gasteiger charge is -2.49. The number of thioether (sulfide) groups is 2. The van der Waals surface area contributed by atoms with E-state index in [1.54, 1.807) is 13.2 Å². The number of imidazole rings is 1. The van der Waals surface area contributed by atoms with Gasteiger partial charge in [0.1, 0.15) is 17.1 Å². The van der Waals surface area contributed by atoms with Crippen LogP contribution in [0.2, 0.25) is 0 Å². The second kappa shape index (κ2) is 8.54. The number of anilines is 1. The molecule has 2 aliphatic rings. The van der Waals surface area contributed by atoms with Gasteiger partial charge in [-0.3, -0.25) is 19.8 Å². The maximum Gasteiger partial charge on any atom is 0.352 e. The molecule has 1 saturated heterocycles. The van der Waals surface area contributed by atoms with Crippen LogP contribution >= 0.6 is 23.5 Å². The van der Waals surface area contributed by atoms with E-state index in [0.717, 1.165) is 0 Å². The topological polar surface area (TPSA) is 185 Å². The Morgan fingerprint density at radius 1 is 1.55 bits per heavy atom. The van der Waals surface area contributed by atoms with Gasteiger partial charge in [-0.05, 0) is 16.0 Å². The van der Waals surface area contributed by atoms with E-state index in [2.05, 4.69) is 30.8 Å². The number of carbonyl (C=O) groups is 2. The zero-order chi connectivity index (χ0) is 22.1. The lowest BCUT2D eigenvalue weighted by Crippen LogP contribution is -2.67. The number of H-pyrrole nitrogens is 1. The van der Waals surface area contributed by atoms with Gasteiger partial charge >= 0.3 is 5.97 Å². The van der Waals surface area contributed by atoms with Gasteiger partial charge in [0, 0.05) is 29.7 Å². The molecule has 164 valence electrons. The van der Waals surface area contributed by atoms with Crippen LogP contribution < -0.4 is 5.32 Å². The number of aryl methyl sites for hydroxylation is 1. The minimum absolute atomic E-state index is 0.0134. The average Bonchev–Trinajstić information content (AvgIpc) is 3.36. The van der Waals surface area contributed by atoms with Crippen molar-refractivity contribution in [3.05, 3.63) is 33.3 Å². The standard InChI is InChI=1S/C15H17N9O5S2/c1-22-15(19-20-21-22)31-6-7-5-30-12-9(11(25)24(12)10(7)13(26)27)18-14-16-4-8(17-14)2-3-23(28)29/h4,9,12H,2-3,5-6H2,1H3,(H,26,27)(H2,16,17,18)/t9?,12-/m1/s1. The largest absolute Gasteiger partial charge is 0.477 e. The molecule has 31 heavy (non-hydrogen) atoms. The number of aromatic nitrogens is 6. The van der Waals surface area contributed by atoms with E-state index in [1.807, 2.05) is 0 Å².